The van der Waals surface area contributed by atoms with Crippen LogP contribution < -0.4 is 40.2 Å². The summed E-state index contributed by atoms with van der Waals surface area (Å²) in [6.45, 7) is 19.8. The van der Waals surface area contributed by atoms with Gasteiger partial charge in [0, 0.05) is 114 Å². The number of nitrogens with one attached hydrogen (secondary N) is 4. The summed E-state index contributed by atoms with van der Waals surface area (Å²) < 4.78 is 21.0. The molecule has 28 heteroatoms. The quantitative estimate of drug-likeness (QED) is 0.0211. The van der Waals surface area contributed by atoms with E-state index in [2.05, 4.69) is 72.1 Å². The lowest BCUT2D eigenvalue weighted by Gasteiger charge is -2.15. The fourth-order valence-corrected chi connectivity index (χ4v) is 13.9. The minimum Gasteiger partial charge on any atom is -0.496 e. The molecule has 0 unspecified atom stereocenters. The van der Waals surface area contributed by atoms with Crippen LogP contribution in [-0.2, 0) is 38.5 Å². The van der Waals surface area contributed by atoms with Gasteiger partial charge >= 0.3 is 23.9 Å². The predicted octanol–water partition coefficient (Wildman–Crippen LogP) is 18.9. The number of anilines is 8. The highest BCUT2D eigenvalue weighted by molar-refractivity contribution is 7.14. The number of carbonyl (C=O) groups is 4. The Balaban J connectivity index is 0.000000166. The molecule has 8 aromatic heterocycles. The summed E-state index contributed by atoms with van der Waals surface area (Å²) in [4.78, 5) is 85.4. The lowest BCUT2D eigenvalue weighted by atomic mass is 10.1. The van der Waals surface area contributed by atoms with Crippen LogP contribution in [0, 0.1) is 13.8 Å². The monoisotopic (exact) mass is 1530 g/mol. The number of methoxy groups -OCH3 is 4. The molecule has 24 nitrogen and oxygen atoms in total. The van der Waals surface area contributed by atoms with Crippen molar-refractivity contribution in [2.24, 2.45) is 0 Å². The van der Waals surface area contributed by atoms with Gasteiger partial charge in [0.25, 0.3) is 0 Å². The van der Waals surface area contributed by atoms with Crippen molar-refractivity contribution in [1.82, 2.24) is 39.9 Å². The minimum absolute atomic E-state index is 0.233. The molecule has 0 amide bonds. The van der Waals surface area contributed by atoms with Gasteiger partial charge in [0.05, 0.1) is 70.2 Å². The summed E-state index contributed by atoms with van der Waals surface area (Å²) in [5, 5.41) is 57.0. The van der Waals surface area contributed by atoms with E-state index in [4.69, 9.17) is 69.3 Å². The molecule has 8 heterocycles. The van der Waals surface area contributed by atoms with Crippen molar-refractivity contribution in [3.8, 4) is 65.8 Å². The van der Waals surface area contributed by atoms with Crippen LogP contribution in [0.2, 0.25) is 0 Å². The summed E-state index contributed by atoms with van der Waals surface area (Å²) in [5.41, 5.74) is 11.8. The Labute approximate surface area is 640 Å². The van der Waals surface area contributed by atoms with E-state index in [-0.39, 0.29) is 22.3 Å². The van der Waals surface area contributed by atoms with E-state index in [0.717, 1.165) is 148 Å². The molecular formula is C80H80N12O12S4. The van der Waals surface area contributed by atoms with Crippen LogP contribution in [0.5, 0.6) is 23.0 Å². The molecule has 108 heavy (non-hydrogen) atoms. The van der Waals surface area contributed by atoms with Crippen LogP contribution in [0.25, 0.3) is 42.8 Å². The van der Waals surface area contributed by atoms with E-state index >= 15 is 0 Å². The van der Waals surface area contributed by atoms with Gasteiger partial charge in [0.15, 0.2) is 23.3 Å². The Morgan fingerprint density at radius 1 is 0.361 bits per heavy atom. The standard InChI is InChI=1S/C21H21N3O3S.C20H19N3O3S.C20H21N3O3S.C19H19N3O3S/c1-4-6-16-17(5-2)23-20(18-11-15(27-3)12-28-18)24-19(16)22-14-9-7-13(8-10-14)21(25)26;1-4-5-16-12(2)21-19(17-10-15(26-3)11-27-17)23-18(16)22-14-8-6-13(7-9-14)20(24)25;1-4-15-16(5-2)22-19(17-10-14(26-3)11-27-17)23-18(15)21-13-8-6-12(7-9-13)20(24)25;1-4-15-11(2)20-18(16-9-14(25-3)10-26-16)22-17(15)21-13-7-5-12(6-8-13)19(23)24/h4,7-12H,1,5-6H2,2-3H3,(H,25,26)(H,22,23,24);4,6-11H,1,5H2,2-3H3,(H,24,25)(H,21,22,23);6-11H,4-5H2,1-3H3,(H,24,25)(H,21,22,23);5-10H,4H2,1-3H3,(H,23,24)(H,20,21,22). The van der Waals surface area contributed by atoms with E-state index < -0.39 is 23.9 Å². The molecule has 0 fully saturated rings. The highest BCUT2D eigenvalue weighted by atomic mass is 32.1. The number of aromatic carboxylic acids is 4. The Hall–Kier alpha value is -12.2. The van der Waals surface area contributed by atoms with Gasteiger partial charge in [-0.05, 0) is 149 Å². The first-order valence-corrected chi connectivity index (χ1v) is 37.3. The topological polar surface area (TPSA) is 337 Å². The number of allylic oxidation sites excluding steroid dienone is 2. The van der Waals surface area contributed by atoms with Gasteiger partial charge in [0.2, 0.25) is 0 Å². The lowest BCUT2D eigenvalue weighted by molar-refractivity contribution is 0.0686. The molecule has 0 saturated heterocycles. The maximum Gasteiger partial charge on any atom is 0.335 e. The van der Waals surface area contributed by atoms with Crippen LogP contribution in [0.1, 0.15) is 114 Å². The van der Waals surface area contributed by atoms with E-state index in [0.29, 0.717) is 47.8 Å². The predicted molar refractivity (Wildman–Crippen MR) is 429 cm³/mol. The molecule has 0 radical (unpaired) electrons. The van der Waals surface area contributed by atoms with Gasteiger partial charge in [-0.25, -0.2) is 59.0 Å². The zero-order valence-corrected chi connectivity index (χ0v) is 64.2. The number of aryl methyl sites for hydroxylation is 4. The molecule has 556 valence electrons. The summed E-state index contributed by atoms with van der Waals surface area (Å²) in [5.74, 6) is 4.67. The van der Waals surface area contributed by atoms with Crippen molar-refractivity contribution in [2.75, 3.05) is 49.7 Å². The van der Waals surface area contributed by atoms with Crippen molar-refractivity contribution in [3.63, 3.8) is 0 Å². The summed E-state index contributed by atoms with van der Waals surface area (Å²) >= 11 is 6.10. The first kappa shape index (κ1) is 79.9. The zero-order valence-electron chi connectivity index (χ0n) is 60.9. The Kier molecular flexibility index (Phi) is 28.2. The molecule has 8 N–H and O–H groups in total. The number of rotatable bonds is 28. The number of nitrogens with zero attached hydrogens (tertiary/aromatic N) is 8. The summed E-state index contributed by atoms with van der Waals surface area (Å²) in [6, 6.07) is 34.0. The Bertz CT molecular complexity index is 5140. The van der Waals surface area contributed by atoms with Crippen molar-refractivity contribution < 1.29 is 58.6 Å². The van der Waals surface area contributed by atoms with Crippen LogP contribution in [0.3, 0.4) is 0 Å². The molecule has 0 saturated carbocycles. The average Bonchev–Trinajstić information content (AvgIpc) is 1.35. The van der Waals surface area contributed by atoms with Crippen molar-refractivity contribution >= 4 is 115 Å². The average molecular weight is 1530 g/mol. The Morgan fingerprint density at radius 3 is 0.870 bits per heavy atom. The van der Waals surface area contributed by atoms with Gasteiger partial charge in [0.1, 0.15) is 46.3 Å². The number of benzene rings is 4. The molecule has 0 bridgehead atoms. The van der Waals surface area contributed by atoms with Crippen LogP contribution in [0.15, 0.2) is 168 Å². The minimum atomic E-state index is -0.958. The summed E-state index contributed by atoms with van der Waals surface area (Å²) in [7, 11) is 6.52. The van der Waals surface area contributed by atoms with Gasteiger partial charge in [-0.15, -0.1) is 58.5 Å². The molecular weight excluding hydrogens is 1450 g/mol. The normalized spacial score (nSPS) is 10.5. The van der Waals surface area contributed by atoms with Gasteiger partial charge in [-0.3, -0.25) is 0 Å². The zero-order chi connectivity index (χ0) is 77.6. The third-order valence-electron chi connectivity index (χ3n) is 16.4. The third kappa shape index (κ3) is 20.6. The molecule has 0 spiro atoms. The highest BCUT2D eigenvalue weighted by Gasteiger charge is 2.21. The van der Waals surface area contributed by atoms with Crippen molar-refractivity contribution in [3.05, 3.63) is 235 Å². The van der Waals surface area contributed by atoms with Gasteiger partial charge < -0.3 is 60.6 Å². The highest BCUT2D eigenvalue weighted by Crippen LogP contribution is 2.37. The molecule has 0 aliphatic carbocycles. The second-order valence-corrected chi connectivity index (χ2v) is 27.0. The Morgan fingerprint density at radius 2 is 0.611 bits per heavy atom. The number of hydrogen-bond donors (Lipinski definition) is 8. The maximum absolute atomic E-state index is 11.1. The number of aromatic nitrogens is 8. The smallest absolute Gasteiger partial charge is 0.335 e. The lowest BCUT2D eigenvalue weighted by Crippen LogP contribution is -2.07. The maximum atomic E-state index is 11.1. The molecule has 4 aromatic carbocycles. The van der Waals surface area contributed by atoms with E-state index in [1.54, 1.807) is 132 Å². The molecule has 0 aliphatic rings. The number of carboxylic acids is 4. The number of ether oxygens (including phenoxy) is 4. The number of thiophene rings is 4. The number of carboxylic acid groups (broad SMARTS) is 4. The second kappa shape index (κ2) is 38.2. The van der Waals surface area contributed by atoms with E-state index in [9.17, 15) is 19.2 Å². The van der Waals surface area contributed by atoms with Crippen LogP contribution in [-0.4, -0.2) is 113 Å². The third-order valence-corrected chi connectivity index (χ3v) is 20.0. The molecule has 0 aliphatic heterocycles. The van der Waals surface area contributed by atoms with Gasteiger partial charge in [-0.2, -0.15) is 0 Å². The molecule has 12 rings (SSSR count). The van der Waals surface area contributed by atoms with E-state index in [1.807, 2.05) is 65.7 Å². The fourth-order valence-electron chi connectivity index (χ4n) is 10.7. The van der Waals surface area contributed by atoms with Crippen LogP contribution >= 0.6 is 45.3 Å². The van der Waals surface area contributed by atoms with Crippen LogP contribution in [0.4, 0.5) is 46.0 Å². The fraction of sp³-hybridized carbons (Fsp3) is 0.200. The molecule has 12 aromatic rings. The number of hydrogen-bond acceptors (Lipinski definition) is 24. The van der Waals surface area contributed by atoms with Crippen molar-refractivity contribution in [2.45, 2.75) is 80.1 Å². The molecule has 0 atom stereocenters. The first-order chi connectivity index (χ1) is 52.1. The van der Waals surface area contributed by atoms with Gasteiger partial charge in [-0.1, -0.05) is 39.8 Å². The largest absolute Gasteiger partial charge is 0.496 e. The summed E-state index contributed by atoms with van der Waals surface area (Å²) in [6.07, 6.45) is 8.02. The second-order valence-electron chi connectivity index (χ2n) is 23.4. The van der Waals surface area contributed by atoms with Crippen molar-refractivity contribution in [1.29, 1.82) is 0 Å². The first-order valence-electron chi connectivity index (χ1n) is 33.8. The van der Waals surface area contributed by atoms with E-state index in [1.165, 1.54) is 45.3 Å². The SMILES string of the molecule is C=CCc1c(C)nc(-c2cc(OC)cs2)nc1Nc1ccc(C(=O)O)cc1.C=CCc1c(CC)nc(-c2cc(OC)cs2)nc1Nc1ccc(C(=O)O)cc1.CCc1c(C)nc(-c2cc(OC)cs2)nc1Nc1ccc(C(=O)O)cc1.CCc1nc(-c2cc(OC)cs2)nc(Nc2ccc(C(=O)O)cc2)c1CC.